The first-order chi connectivity index (χ1) is 10.2. The maximum Gasteiger partial charge on any atom is 0.258 e. The number of benzene rings is 2. The summed E-state index contributed by atoms with van der Waals surface area (Å²) < 4.78 is 10.6. The van der Waals surface area contributed by atoms with Crippen LogP contribution in [0.3, 0.4) is 0 Å². The Balaban J connectivity index is 1.91. The van der Waals surface area contributed by atoms with Crippen molar-refractivity contribution < 1.29 is 14.3 Å². The average Bonchev–Trinajstić information content (AvgIpc) is 2.83. The van der Waals surface area contributed by atoms with Gasteiger partial charge in [-0.2, -0.15) is 0 Å². The lowest BCUT2D eigenvalue weighted by atomic mass is 10.1. The number of rotatable bonds is 4. The van der Waals surface area contributed by atoms with Crippen LogP contribution < -0.4 is 9.47 Å². The van der Waals surface area contributed by atoms with Gasteiger partial charge >= 0.3 is 0 Å². The predicted octanol–water partition coefficient (Wildman–Crippen LogP) is 2.86. The number of nitrogens with zero attached hydrogens (tertiary/aromatic N) is 1. The van der Waals surface area contributed by atoms with Gasteiger partial charge in [-0.15, -0.1) is 0 Å². The normalized spacial score (nSPS) is 13.2. The number of hydrogen-bond acceptors (Lipinski definition) is 3. The molecule has 4 heteroatoms. The molecule has 2 aromatic rings. The van der Waals surface area contributed by atoms with Crippen molar-refractivity contribution in [1.82, 2.24) is 4.90 Å². The Kier molecular flexibility index (Phi) is 3.52. The number of hydrogen-bond donors (Lipinski definition) is 0. The van der Waals surface area contributed by atoms with Crippen molar-refractivity contribution in [1.29, 1.82) is 0 Å². The molecule has 0 spiro atoms. The second-order valence-corrected chi connectivity index (χ2v) is 5.01. The van der Waals surface area contributed by atoms with Gasteiger partial charge in [0.15, 0.2) is 0 Å². The lowest BCUT2D eigenvalue weighted by Crippen LogP contribution is -2.23. The second kappa shape index (κ2) is 5.48. The first kappa shape index (κ1) is 13.5. The van der Waals surface area contributed by atoms with Crippen LogP contribution in [0, 0.1) is 0 Å². The van der Waals surface area contributed by atoms with Crippen LogP contribution in [0.2, 0.25) is 0 Å². The van der Waals surface area contributed by atoms with E-state index in [1.807, 2.05) is 41.3 Å². The molecular weight excluding hydrogens is 266 g/mol. The van der Waals surface area contributed by atoms with E-state index in [0.29, 0.717) is 30.2 Å². The van der Waals surface area contributed by atoms with E-state index in [2.05, 4.69) is 0 Å². The molecule has 1 heterocycles. The lowest BCUT2D eigenvalue weighted by molar-refractivity contribution is 0.0764. The van der Waals surface area contributed by atoms with Gasteiger partial charge in [0, 0.05) is 19.2 Å². The van der Waals surface area contributed by atoms with E-state index in [4.69, 9.17) is 9.47 Å². The molecule has 1 aliphatic rings. The predicted molar refractivity (Wildman–Crippen MR) is 79.6 cm³/mol. The first-order valence-corrected chi connectivity index (χ1v) is 6.81. The fourth-order valence-corrected chi connectivity index (χ4v) is 2.66. The standard InChI is InChI=1S/C17H17NO3/c1-20-14-8-13-11-18(10-12-6-4-3-5-7-12)17(19)16(13)15(9-14)21-2/h3-9H,10-11H2,1-2H3. The molecule has 3 rings (SSSR count). The van der Waals surface area contributed by atoms with Crippen LogP contribution in [0.25, 0.3) is 0 Å². The molecule has 0 saturated carbocycles. The van der Waals surface area contributed by atoms with Crippen molar-refractivity contribution in [3.8, 4) is 11.5 Å². The van der Waals surface area contributed by atoms with Crippen LogP contribution in [0.1, 0.15) is 21.5 Å². The van der Waals surface area contributed by atoms with Gasteiger partial charge < -0.3 is 14.4 Å². The summed E-state index contributed by atoms with van der Waals surface area (Å²) in [6.07, 6.45) is 0. The molecule has 0 aliphatic carbocycles. The monoisotopic (exact) mass is 283 g/mol. The lowest BCUT2D eigenvalue weighted by Gasteiger charge is -2.15. The van der Waals surface area contributed by atoms with Crippen molar-refractivity contribution >= 4 is 5.91 Å². The number of carbonyl (C=O) groups is 1. The van der Waals surface area contributed by atoms with E-state index in [-0.39, 0.29) is 5.91 Å². The third-order valence-electron chi connectivity index (χ3n) is 3.69. The SMILES string of the molecule is COc1cc2c(c(OC)c1)C(=O)N(Cc1ccccc1)C2. The average molecular weight is 283 g/mol. The van der Waals surface area contributed by atoms with E-state index in [9.17, 15) is 4.79 Å². The van der Waals surface area contributed by atoms with E-state index >= 15 is 0 Å². The molecule has 0 aromatic heterocycles. The fourth-order valence-electron chi connectivity index (χ4n) is 2.66. The van der Waals surface area contributed by atoms with Crippen molar-refractivity contribution in [2.75, 3.05) is 14.2 Å². The molecule has 1 aliphatic heterocycles. The van der Waals surface area contributed by atoms with E-state index < -0.39 is 0 Å². The molecule has 0 bridgehead atoms. The number of ether oxygens (including phenoxy) is 2. The summed E-state index contributed by atoms with van der Waals surface area (Å²) in [7, 11) is 3.18. The zero-order chi connectivity index (χ0) is 14.8. The minimum atomic E-state index is 0.00774. The van der Waals surface area contributed by atoms with Crippen molar-refractivity contribution in [3.05, 3.63) is 59.2 Å². The van der Waals surface area contributed by atoms with Crippen molar-refractivity contribution in [3.63, 3.8) is 0 Å². The van der Waals surface area contributed by atoms with Gasteiger partial charge in [0.1, 0.15) is 11.5 Å². The molecular formula is C17H17NO3. The minimum Gasteiger partial charge on any atom is -0.497 e. The molecule has 0 N–H and O–H groups in total. The maximum atomic E-state index is 12.6. The summed E-state index contributed by atoms with van der Waals surface area (Å²) in [5, 5.41) is 0. The summed E-state index contributed by atoms with van der Waals surface area (Å²) in [6, 6.07) is 13.6. The maximum absolute atomic E-state index is 12.6. The Labute approximate surface area is 123 Å². The van der Waals surface area contributed by atoms with Crippen LogP contribution in [0.4, 0.5) is 0 Å². The molecule has 0 unspecified atom stereocenters. The van der Waals surface area contributed by atoms with Crippen LogP contribution in [-0.4, -0.2) is 25.0 Å². The Morgan fingerprint density at radius 1 is 1.10 bits per heavy atom. The van der Waals surface area contributed by atoms with Gasteiger partial charge in [0.25, 0.3) is 5.91 Å². The molecule has 0 radical (unpaired) electrons. The minimum absolute atomic E-state index is 0.00774. The highest BCUT2D eigenvalue weighted by molar-refractivity contribution is 6.01. The largest absolute Gasteiger partial charge is 0.497 e. The Morgan fingerprint density at radius 2 is 1.86 bits per heavy atom. The molecule has 0 atom stereocenters. The molecule has 108 valence electrons. The molecule has 1 amide bonds. The quantitative estimate of drug-likeness (QED) is 0.866. The Bertz CT molecular complexity index is 667. The highest BCUT2D eigenvalue weighted by atomic mass is 16.5. The number of carbonyl (C=O) groups excluding carboxylic acids is 1. The smallest absolute Gasteiger partial charge is 0.258 e. The van der Waals surface area contributed by atoms with Crippen LogP contribution in [0.5, 0.6) is 11.5 Å². The van der Waals surface area contributed by atoms with Gasteiger partial charge in [-0.1, -0.05) is 30.3 Å². The zero-order valence-corrected chi connectivity index (χ0v) is 12.1. The number of methoxy groups -OCH3 is 2. The number of amides is 1. The Morgan fingerprint density at radius 3 is 2.52 bits per heavy atom. The zero-order valence-electron chi connectivity index (χ0n) is 12.1. The van der Waals surface area contributed by atoms with Crippen LogP contribution >= 0.6 is 0 Å². The summed E-state index contributed by atoms with van der Waals surface area (Å²) in [5.74, 6) is 1.29. The van der Waals surface area contributed by atoms with Gasteiger partial charge in [-0.05, 0) is 17.2 Å². The second-order valence-electron chi connectivity index (χ2n) is 5.01. The Hall–Kier alpha value is -2.49. The van der Waals surface area contributed by atoms with Gasteiger partial charge in [-0.25, -0.2) is 0 Å². The van der Waals surface area contributed by atoms with E-state index in [1.54, 1.807) is 20.3 Å². The summed E-state index contributed by atoms with van der Waals surface area (Å²) in [5.41, 5.74) is 2.71. The van der Waals surface area contributed by atoms with Crippen molar-refractivity contribution in [2.45, 2.75) is 13.1 Å². The summed E-state index contributed by atoms with van der Waals surface area (Å²) in [6.45, 7) is 1.18. The molecule has 4 nitrogen and oxygen atoms in total. The molecule has 0 fully saturated rings. The van der Waals surface area contributed by atoms with Crippen molar-refractivity contribution in [2.24, 2.45) is 0 Å². The van der Waals surface area contributed by atoms with E-state index in [0.717, 1.165) is 11.1 Å². The molecule has 0 saturated heterocycles. The molecule has 21 heavy (non-hydrogen) atoms. The van der Waals surface area contributed by atoms with Crippen LogP contribution in [0.15, 0.2) is 42.5 Å². The fraction of sp³-hybridized carbons (Fsp3) is 0.235. The first-order valence-electron chi connectivity index (χ1n) is 6.81. The third kappa shape index (κ3) is 2.44. The topological polar surface area (TPSA) is 38.8 Å². The van der Waals surface area contributed by atoms with Crippen LogP contribution in [-0.2, 0) is 13.1 Å². The van der Waals surface area contributed by atoms with Gasteiger partial charge in [0.05, 0.1) is 19.8 Å². The third-order valence-corrected chi connectivity index (χ3v) is 3.69. The number of fused-ring (bicyclic) bond motifs is 1. The molecule has 2 aromatic carbocycles. The summed E-state index contributed by atoms with van der Waals surface area (Å²) >= 11 is 0. The highest BCUT2D eigenvalue weighted by Crippen LogP contribution is 2.35. The van der Waals surface area contributed by atoms with Gasteiger partial charge in [-0.3, -0.25) is 4.79 Å². The van der Waals surface area contributed by atoms with E-state index in [1.165, 1.54) is 0 Å². The summed E-state index contributed by atoms with van der Waals surface area (Å²) in [4.78, 5) is 14.4. The highest BCUT2D eigenvalue weighted by Gasteiger charge is 2.31. The van der Waals surface area contributed by atoms with Gasteiger partial charge in [0.2, 0.25) is 0 Å².